The van der Waals surface area contributed by atoms with Crippen LogP contribution in [-0.4, -0.2) is 98.8 Å². The van der Waals surface area contributed by atoms with Gasteiger partial charge in [0.2, 0.25) is 5.78 Å². The maximum absolute atomic E-state index is 13.8. The van der Waals surface area contributed by atoms with Gasteiger partial charge in [-0.15, -0.1) is 0 Å². The van der Waals surface area contributed by atoms with Crippen molar-refractivity contribution < 1.29 is 63.6 Å². The molecule has 0 amide bonds. The summed E-state index contributed by atoms with van der Waals surface area (Å²) in [4.78, 5) is 40.7. The second-order valence-electron chi connectivity index (χ2n) is 13.1. The van der Waals surface area contributed by atoms with Gasteiger partial charge in [0.25, 0.3) is 0 Å². The van der Waals surface area contributed by atoms with Gasteiger partial charge < -0.3 is 55.0 Å². The molecular weight excluding hydrogens is 630 g/mol. The van der Waals surface area contributed by atoms with Gasteiger partial charge in [-0.25, -0.2) is 0 Å². The molecule has 4 aliphatic rings. The lowest BCUT2D eigenvalue weighted by molar-refractivity contribution is -0.293. The van der Waals surface area contributed by atoms with Crippen molar-refractivity contribution >= 4 is 17.5 Å². The molecular formula is C34H41NO13. The largest absolute Gasteiger partial charge is 0.507 e. The van der Waals surface area contributed by atoms with Crippen molar-refractivity contribution in [1.29, 1.82) is 0 Å². The number of carbonyl (C=O) groups is 3. The molecule has 2 aliphatic carbocycles. The van der Waals surface area contributed by atoms with Crippen LogP contribution in [0.5, 0.6) is 17.2 Å². The van der Waals surface area contributed by atoms with E-state index in [4.69, 9.17) is 29.4 Å². The summed E-state index contributed by atoms with van der Waals surface area (Å²) in [7, 11) is 1.10. The first-order valence-corrected chi connectivity index (χ1v) is 16.1. The van der Waals surface area contributed by atoms with E-state index in [2.05, 4.69) is 0 Å². The van der Waals surface area contributed by atoms with E-state index in [9.17, 15) is 39.9 Å². The summed E-state index contributed by atoms with van der Waals surface area (Å²) in [5.41, 5.74) is 2.44. The number of rotatable bonds is 6. The Morgan fingerprint density at radius 2 is 1.62 bits per heavy atom. The fourth-order valence-corrected chi connectivity index (χ4v) is 7.55. The fraction of sp³-hybridized carbons (Fsp3) is 0.559. The molecule has 10 atom stereocenters. The number of nitrogens with two attached hydrogens (primary N) is 1. The number of phenols is 3. The molecule has 2 heterocycles. The smallest absolute Gasteiger partial charge is 0.316 e. The molecule has 0 unspecified atom stereocenters. The number of carbonyl (C=O) groups excluding carboxylic acids is 3. The average molecular weight is 672 g/mol. The first-order chi connectivity index (χ1) is 22.7. The average Bonchev–Trinajstić information content (AvgIpc) is 3.04. The number of fused-ring (bicyclic) bond motifs is 3. The Morgan fingerprint density at radius 1 is 0.958 bits per heavy atom. The third-order valence-corrected chi connectivity index (χ3v) is 10.2. The summed E-state index contributed by atoms with van der Waals surface area (Å²) in [6, 6.07) is 3.25. The molecule has 2 aromatic rings. The number of aromatic hydroxyl groups is 3. The Labute approximate surface area is 276 Å². The van der Waals surface area contributed by atoms with E-state index in [1.54, 1.807) is 20.8 Å². The summed E-state index contributed by atoms with van der Waals surface area (Å²) in [5.74, 6) is -6.35. The van der Waals surface area contributed by atoms with Crippen LogP contribution in [0.25, 0.3) is 0 Å². The van der Waals surface area contributed by atoms with Crippen molar-refractivity contribution in [2.45, 2.75) is 114 Å². The van der Waals surface area contributed by atoms with Crippen molar-refractivity contribution in [3.8, 4) is 17.2 Å². The predicted molar refractivity (Wildman–Crippen MR) is 165 cm³/mol. The van der Waals surface area contributed by atoms with Crippen LogP contribution in [-0.2, 0) is 28.5 Å². The Kier molecular flexibility index (Phi) is 9.04. The van der Waals surface area contributed by atoms with Gasteiger partial charge in [0.1, 0.15) is 29.3 Å². The van der Waals surface area contributed by atoms with Crippen LogP contribution in [0.15, 0.2) is 18.2 Å². The summed E-state index contributed by atoms with van der Waals surface area (Å²) in [5, 5.41) is 55.9. The van der Waals surface area contributed by atoms with E-state index in [1.807, 2.05) is 0 Å². The lowest BCUT2D eigenvalue weighted by atomic mass is 9.66. The molecule has 0 spiro atoms. The Bertz CT molecular complexity index is 1630. The SMILES string of the molecule is CC[C@@]1(O)C[C@H](O[C@H]2C[C@H](N)[C@H](O[C@H]3CC[C@H](O)[C@H](C)O3)[C@H](C)O2)c2c(O)c3c(c(O)c2[C@H]1C(=O)OC)C(=O)c1cccc(O)c1C3=O. The molecule has 0 radical (unpaired) electrons. The fourth-order valence-electron chi connectivity index (χ4n) is 7.55. The maximum atomic E-state index is 13.8. The highest BCUT2D eigenvalue weighted by Crippen LogP contribution is 2.57. The van der Waals surface area contributed by atoms with E-state index in [0.717, 1.165) is 7.11 Å². The van der Waals surface area contributed by atoms with E-state index in [-0.39, 0.29) is 41.5 Å². The van der Waals surface area contributed by atoms with Crippen LogP contribution in [0.3, 0.4) is 0 Å². The number of methoxy groups -OCH3 is 1. The minimum absolute atomic E-state index is 0.0290. The second kappa shape index (κ2) is 12.7. The summed E-state index contributed by atoms with van der Waals surface area (Å²) < 4.78 is 29.4. The number of benzene rings is 2. The van der Waals surface area contributed by atoms with Gasteiger partial charge in [-0.3, -0.25) is 14.4 Å². The quantitative estimate of drug-likeness (QED) is 0.163. The highest BCUT2D eigenvalue weighted by molar-refractivity contribution is 6.31. The molecule has 0 saturated carbocycles. The molecule has 2 aliphatic heterocycles. The summed E-state index contributed by atoms with van der Waals surface area (Å²) >= 11 is 0. The molecule has 2 saturated heterocycles. The van der Waals surface area contributed by atoms with Gasteiger partial charge >= 0.3 is 5.97 Å². The third kappa shape index (κ3) is 5.45. The number of hydrogen-bond donors (Lipinski definition) is 6. The first kappa shape index (κ1) is 34.2. The van der Waals surface area contributed by atoms with Crippen LogP contribution in [0, 0.1) is 0 Å². The van der Waals surface area contributed by atoms with Gasteiger partial charge in [0.05, 0.1) is 53.8 Å². The van der Waals surface area contributed by atoms with Crippen molar-refractivity contribution in [3.05, 3.63) is 51.6 Å². The topological polar surface area (TPSA) is 225 Å². The third-order valence-electron chi connectivity index (χ3n) is 10.2. The van der Waals surface area contributed by atoms with E-state index in [0.29, 0.717) is 12.8 Å². The van der Waals surface area contributed by atoms with E-state index >= 15 is 0 Å². The highest BCUT2D eigenvalue weighted by atomic mass is 16.7. The van der Waals surface area contributed by atoms with Gasteiger partial charge in [-0.1, -0.05) is 19.1 Å². The molecule has 2 fully saturated rings. The molecule has 0 aromatic heterocycles. The number of ketones is 2. The number of phenolic OH excluding ortho intramolecular Hbond substituents is 3. The molecule has 2 aromatic carbocycles. The maximum Gasteiger partial charge on any atom is 0.316 e. The number of hydrogen-bond acceptors (Lipinski definition) is 14. The van der Waals surface area contributed by atoms with Gasteiger partial charge in [0, 0.05) is 42.0 Å². The molecule has 14 heteroatoms. The number of ether oxygens (including phenoxy) is 5. The molecule has 6 rings (SSSR count). The van der Waals surface area contributed by atoms with E-state index < -0.39 is 107 Å². The normalized spacial score (nSPS) is 34.6. The zero-order valence-corrected chi connectivity index (χ0v) is 27.0. The van der Waals surface area contributed by atoms with Crippen LogP contribution in [0.4, 0.5) is 0 Å². The minimum Gasteiger partial charge on any atom is -0.507 e. The van der Waals surface area contributed by atoms with Crippen molar-refractivity contribution in [1.82, 2.24) is 0 Å². The molecule has 7 N–H and O–H groups in total. The van der Waals surface area contributed by atoms with Crippen LogP contribution < -0.4 is 5.73 Å². The van der Waals surface area contributed by atoms with Crippen LogP contribution in [0.2, 0.25) is 0 Å². The monoisotopic (exact) mass is 671 g/mol. The molecule has 260 valence electrons. The number of aliphatic hydroxyl groups excluding tert-OH is 1. The first-order valence-electron chi connectivity index (χ1n) is 16.1. The van der Waals surface area contributed by atoms with Crippen molar-refractivity contribution in [2.24, 2.45) is 5.73 Å². The van der Waals surface area contributed by atoms with E-state index in [1.165, 1.54) is 18.2 Å². The number of aliphatic hydroxyl groups is 2. The standard InChI is InChI=1S/C34H41NO13/c1-5-34(43)12-19(47-21-11-16(35)32(14(3)46-21)48-20-10-9-17(36)13(2)45-20)23-24(27(34)33(42)44-4)31(41)25-26(30(23)40)29(39)22-15(28(25)38)7-6-8-18(22)37/h6-8,13-14,16-17,19-21,27,32,36-37,40-41,43H,5,9-12,35H2,1-4H3/t13-,14-,16-,17-,19-,20-,21-,27-,32+,34+/m0/s1. The van der Waals surface area contributed by atoms with Crippen LogP contribution >= 0.6 is 0 Å². The Hall–Kier alpha value is -3.63. The summed E-state index contributed by atoms with van der Waals surface area (Å²) in [6.07, 6.45) is -4.41. The minimum atomic E-state index is -1.89. The Morgan fingerprint density at radius 3 is 2.27 bits per heavy atom. The predicted octanol–water partition coefficient (Wildman–Crippen LogP) is 2.17. The van der Waals surface area contributed by atoms with Crippen LogP contribution in [0.1, 0.15) is 108 Å². The lowest BCUT2D eigenvalue weighted by Gasteiger charge is -2.46. The molecule has 14 nitrogen and oxygen atoms in total. The Balaban J connectivity index is 1.39. The summed E-state index contributed by atoms with van der Waals surface area (Å²) in [6.45, 7) is 5.11. The van der Waals surface area contributed by atoms with Gasteiger partial charge in [-0.2, -0.15) is 0 Å². The lowest BCUT2D eigenvalue weighted by Crippen LogP contribution is -2.55. The van der Waals surface area contributed by atoms with Gasteiger partial charge in [0.15, 0.2) is 18.4 Å². The zero-order chi connectivity index (χ0) is 34.8. The molecule has 0 bridgehead atoms. The zero-order valence-electron chi connectivity index (χ0n) is 27.0. The number of esters is 1. The molecule has 48 heavy (non-hydrogen) atoms. The second-order valence-corrected chi connectivity index (χ2v) is 13.1. The van der Waals surface area contributed by atoms with Gasteiger partial charge in [-0.05, 0) is 32.8 Å². The van der Waals surface area contributed by atoms with Crippen molar-refractivity contribution in [3.63, 3.8) is 0 Å². The highest BCUT2D eigenvalue weighted by Gasteiger charge is 2.55. The van der Waals surface area contributed by atoms with Crippen molar-refractivity contribution in [2.75, 3.05) is 7.11 Å².